The van der Waals surface area contributed by atoms with Crippen molar-refractivity contribution in [1.29, 1.82) is 0 Å². The number of rotatable bonds is 5. The molecule has 0 fully saturated rings. The van der Waals surface area contributed by atoms with Crippen LogP contribution in [0.25, 0.3) is 10.8 Å². The minimum atomic E-state index is -0.314. The quantitative estimate of drug-likeness (QED) is 0.718. The molecule has 1 heterocycles. The van der Waals surface area contributed by atoms with E-state index in [-0.39, 0.29) is 29.1 Å². The average Bonchev–Trinajstić information content (AvgIpc) is 2.64. The van der Waals surface area contributed by atoms with Crippen molar-refractivity contribution in [3.8, 4) is 0 Å². The van der Waals surface area contributed by atoms with Crippen molar-refractivity contribution in [1.82, 2.24) is 15.1 Å². The van der Waals surface area contributed by atoms with Crippen molar-refractivity contribution in [3.05, 3.63) is 75.2 Å². The second-order valence-electron chi connectivity index (χ2n) is 7.02. The van der Waals surface area contributed by atoms with E-state index in [1.54, 1.807) is 36.4 Å². The molecule has 5 nitrogen and oxygen atoms in total. The molecule has 3 rings (SSSR count). The van der Waals surface area contributed by atoms with Crippen molar-refractivity contribution in [2.24, 2.45) is 5.92 Å². The zero-order valence-electron chi connectivity index (χ0n) is 15.6. The van der Waals surface area contributed by atoms with Crippen molar-refractivity contribution >= 4 is 28.3 Å². The van der Waals surface area contributed by atoms with E-state index in [4.69, 9.17) is 11.6 Å². The van der Waals surface area contributed by atoms with Gasteiger partial charge >= 0.3 is 0 Å². The van der Waals surface area contributed by atoms with Crippen LogP contribution in [-0.4, -0.2) is 15.7 Å². The monoisotopic (exact) mass is 383 g/mol. The number of nitrogens with one attached hydrogen (secondary N) is 1. The van der Waals surface area contributed by atoms with Gasteiger partial charge in [-0.25, -0.2) is 4.68 Å². The zero-order valence-corrected chi connectivity index (χ0v) is 16.3. The molecular weight excluding hydrogens is 362 g/mol. The Kier molecular flexibility index (Phi) is 5.61. The van der Waals surface area contributed by atoms with Crippen LogP contribution in [0.5, 0.6) is 0 Å². The number of carbonyl (C=O) groups is 1. The summed E-state index contributed by atoms with van der Waals surface area (Å²) in [6.07, 6.45) is 0. The summed E-state index contributed by atoms with van der Waals surface area (Å²) in [4.78, 5) is 25.6. The van der Waals surface area contributed by atoms with Crippen LogP contribution in [0.1, 0.15) is 42.9 Å². The van der Waals surface area contributed by atoms with E-state index in [0.29, 0.717) is 22.3 Å². The molecule has 0 aliphatic rings. The number of aromatic nitrogens is 2. The van der Waals surface area contributed by atoms with E-state index >= 15 is 0 Å². The van der Waals surface area contributed by atoms with Crippen LogP contribution in [0.2, 0.25) is 5.02 Å². The third kappa shape index (κ3) is 4.19. The highest BCUT2D eigenvalue weighted by Gasteiger charge is 2.19. The Morgan fingerprint density at radius 2 is 1.70 bits per heavy atom. The summed E-state index contributed by atoms with van der Waals surface area (Å²) in [5.74, 6) is -0.0774. The van der Waals surface area contributed by atoms with E-state index < -0.39 is 0 Å². The molecule has 0 aliphatic carbocycles. The zero-order chi connectivity index (χ0) is 19.6. The number of benzene rings is 2. The second kappa shape index (κ2) is 7.92. The molecule has 1 N–H and O–H groups in total. The fourth-order valence-electron chi connectivity index (χ4n) is 2.97. The van der Waals surface area contributed by atoms with Crippen LogP contribution >= 0.6 is 11.6 Å². The second-order valence-corrected chi connectivity index (χ2v) is 7.46. The van der Waals surface area contributed by atoms with Gasteiger partial charge in [0.1, 0.15) is 0 Å². The standard InChI is InChI=1S/C21H22ClN3O2/c1-13(2)12-25-21(27)18-7-5-4-6-17(18)19(24-25)20(26)23-14(3)15-8-10-16(22)11-9-15/h4-11,13-14H,12H2,1-3H3,(H,23,26). The summed E-state index contributed by atoms with van der Waals surface area (Å²) in [5, 5.41) is 9.04. The largest absolute Gasteiger partial charge is 0.344 e. The Labute approximate surface area is 163 Å². The Hall–Kier alpha value is -2.66. The smallest absolute Gasteiger partial charge is 0.274 e. The van der Waals surface area contributed by atoms with Gasteiger partial charge in [-0.1, -0.05) is 55.8 Å². The van der Waals surface area contributed by atoms with Crippen LogP contribution in [0.3, 0.4) is 0 Å². The molecular formula is C21H22ClN3O2. The molecule has 3 aromatic rings. The molecule has 1 aromatic heterocycles. The van der Waals surface area contributed by atoms with Gasteiger partial charge in [0, 0.05) is 17.0 Å². The Balaban J connectivity index is 1.99. The molecule has 140 valence electrons. The first-order chi connectivity index (χ1) is 12.9. The summed E-state index contributed by atoms with van der Waals surface area (Å²) in [6.45, 7) is 6.36. The van der Waals surface area contributed by atoms with Gasteiger partial charge in [-0.05, 0) is 36.6 Å². The molecule has 0 spiro atoms. The van der Waals surface area contributed by atoms with Gasteiger partial charge in [-0.15, -0.1) is 0 Å². The van der Waals surface area contributed by atoms with Gasteiger partial charge < -0.3 is 5.32 Å². The molecule has 0 radical (unpaired) electrons. The topological polar surface area (TPSA) is 64.0 Å². The van der Waals surface area contributed by atoms with Gasteiger partial charge in [-0.2, -0.15) is 5.10 Å². The lowest BCUT2D eigenvalue weighted by molar-refractivity contribution is 0.0934. The average molecular weight is 384 g/mol. The third-order valence-electron chi connectivity index (χ3n) is 4.34. The summed E-state index contributed by atoms with van der Waals surface area (Å²) < 4.78 is 1.38. The number of amides is 1. The molecule has 0 bridgehead atoms. The van der Waals surface area contributed by atoms with E-state index in [1.165, 1.54) is 4.68 Å². The summed E-state index contributed by atoms with van der Waals surface area (Å²) in [6, 6.07) is 14.2. The van der Waals surface area contributed by atoms with Gasteiger partial charge in [0.05, 0.1) is 11.4 Å². The number of hydrogen-bond acceptors (Lipinski definition) is 3. The van der Waals surface area contributed by atoms with Crippen LogP contribution in [0, 0.1) is 5.92 Å². The fraction of sp³-hybridized carbons (Fsp3) is 0.286. The fourth-order valence-corrected chi connectivity index (χ4v) is 3.10. The predicted molar refractivity (Wildman–Crippen MR) is 108 cm³/mol. The SMILES string of the molecule is CC(C)Cn1nc(C(=O)NC(C)c2ccc(Cl)cc2)c2ccccc2c1=O. The molecule has 1 unspecified atom stereocenters. The summed E-state index contributed by atoms with van der Waals surface area (Å²) >= 11 is 5.93. The van der Waals surface area contributed by atoms with E-state index in [9.17, 15) is 9.59 Å². The normalized spacial score (nSPS) is 12.3. The number of carbonyl (C=O) groups excluding carboxylic acids is 1. The highest BCUT2D eigenvalue weighted by Crippen LogP contribution is 2.18. The lowest BCUT2D eigenvalue weighted by Crippen LogP contribution is -2.32. The molecule has 27 heavy (non-hydrogen) atoms. The van der Waals surface area contributed by atoms with Crippen LogP contribution < -0.4 is 10.9 Å². The van der Waals surface area contributed by atoms with Crippen LogP contribution in [-0.2, 0) is 6.54 Å². The van der Waals surface area contributed by atoms with Crippen LogP contribution in [0.15, 0.2) is 53.3 Å². The number of halogens is 1. The van der Waals surface area contributed by atoms with Gasteiger partial charge in [0.2, 0.25) is 0 Å². The van der Waals surface area contributed by atoms with Crippen molar-refractivity contribution in [2.75, 3.05) is 0 Å². The third-order valence-corrected chi connectivity index (χ3v) is 4.59. The molecule has 0 saturated heterocycles. The Morgan fingerprint density at radius 1 is 1.07 bits per heavy atom. The summed E-state index contributed by atoms with van der Waals surface area (Å²) in [5.41, 5.74) is 1.01. The van der Waals surface area contributed by atoms with E-state index in [0.717, 1.165) is 5.56 Å². The first kappa shape index (κ1) is 19.1. The number of hydrogen-bond donors (Lipinski definition) is 1. The van der Waals surface area contributed by atoms with Crippen molar-refractivity contribution in [2.45, 2.75) is 33.4 Å². The number of fused-ring (bicyclic) bond motifs is 1. The maximum atomic E-state index is 12.9. The molecule has 6 heteroatoms. The summed E-state index contributed by atoms with van der Waals surface area (Å²) in [7, 11) is 0. The highest BCUT2D eigenvalue weighted by atomic mass is 35.5. The predicted octanol–water partition coefficient (Wildman–Crippen LogP) is 4.20. The maximum Gasteiger partial charge on any atom is 0.274 e. The van der Waals surface area contributed by atoms with Gasteiger partial charge in [0.25, 0.3) is 11.5 Å². The van der Waals surface area contributed by atoms with Gasteiger partial charge in [-0.3, -0.25) is 9.59 Å². The number of nitrogens with zero attached hydrogens (tertiary/aromatic N) is 2. The minimum Gasteiger partial charge on any atom is -0.344 e. The van der Waals surface area contributed by atoms with E-state index in [2.05, 4.69) is 10.4 Å². The first-order valence-corrected chi connectivity index (χ1v) is 9.31. The van der Waals surface area contributed by atoms with Gasteiger partial charge in [0.15, 0.2) is 5.69 Å². The Morgan fingerprint density at radius 3 is 2.33 bits per heavy atom. The first-order valence-electron chi connectivity index (χ1n) is 8.93. The van der Waals surface area contributed by atoms with E-state index in [1.807, 2.05) is 32.9 Å². The lowest BCUT2D eigenvalue weighted by atomic mass is 10.1. The maximum absolute atomic E-state index is 12.9. The molecule has 1 atom stereocenters. The molecule has 0 saturated carbocycles. The Bertz CT molecular complexity index is 1030. The highest BCUT2D eigenvalue weighted by molar-refractivity contribution is 6.30. The van der Waals surface area contributed by atoms with Crippen LogP contribution in [0.4, 0.5) is 0 Å². The van der Waals surface area contributed by atoms with Crippen molar-refractivity contribution in [3.63, 3.8) is 0 Å². The van der Waals surface area contributed by atoms with Crippen molar-refractivity contribution < 1.29 is 4.79 Å². The minimum absolute atomic E-state index is 0.179. The molecule has 2 aromatic carbocycles. The lowest BCUT2D eigenvalue weighted by Gasteiger charge is -2.16. The molecule has 1 amide bonds. The molecule has 0 aliphatic heterocycles.